The molecule has 226 valence electrons. The lowest BCUT2D eigenvalue weighted by atomic mass is 9.63. The first-order valence-electron chi connectivity index (χ1n) is 15.2. The molecule has 5 rings (SSSR count). The molecule has 0 spiro atoms. The van der Waals surface area contributed by atoms with E-state index in [0.717, 1.165) is 48.3 Å². The molecule has 1 atom stereocenters. The van der Waals surface area contributed by atoms with Crippen LogP contribution in [0.4, 0.5) is 0 Å². The van der Waals surface area contributed by atoms with Crippen molar-refractivity contribution in [1.29, 1.82) is 0 Å². The van der Waals surface area contributed by atoms with E-state index >= 15 is 0 Å². The second kappa shape index (κ2) is 12.5. The molecule has 0 aromatic heterocycles. The van der Waals surface area contributed by atoms with E-state index in [2.05, 4.69) is 46.8 Å². The summed E-state index contributed by atoms with van der Waals surface area (Å²) < 4.78 is 44.3. The normalized spacial score (nSPS) is 16.2. The van der Waals surface area contributed by atoms with Crippen LogP contribution in [0.2, 0.25) is 0 Å². The van der Waals surface area contributed by atoms with E-state index in [1.54, 1.807) is 24.3 Å². The Morgan fingerprint density at radius 3 is 1.88 bits per heavy atom. The Hall–Kier alpha value is -3.77. The van der Waals surface area contributed by atoms with Crippen molar-refractivity contribution in [2.45, 2.75) is 88.6 Å². The Bertz CT molecular complexity index is 1640. The van der Waals surface area contributed by atoms with Crippen LogP contribution in [0.15, 0.2) is 95.9 Å². The molecule has 1 unspecified atom stereocenters. The fourth-order valence-corrected chi connectivity index (χ4v) is 6.79. The SMILES string of the molecule is CCC(C)(CC)Oc1ccc(OCc2ccc(Oc3ccc(S(=O)(=O)Cc4ccc5c(c4)CC5(C)CC)cc3)cc2)cc1. The molecule has 1 aliphatic carbocycles. The van der Waals surface area contributed by atoms with Gasteiger partial charge in [0, 0.05) is 0 Å². The number of benzene rings is 4. The Labute approximate surface area is 256 Å². The summed E-state index contributed by atoms with van der Waals surface area (Å²) >= 11 is 0. The molecule has 6 heteroatoms. The molecule has 5 nitrogen and oxygen atoms in total. The molecular weight excluding hydrogens is 556 g/mol. The zero-order chi connectivity index (χ0) is 30.7. The van der Waals surface area contributed by atoms with Crippen LogP contribution in [0.5, 0.6) is 23.0 Å². The molecule has 0 N–H and O–H groups in total. The van der Waals surface area contributed by atoms with Gasteiger partial charge in [0.1, 0.15) is 35.2 Å². The zero-order valence-electron chi connectivity index (χ0n) is 25.9. The van der Waals surface area contributed by atoms with Crippen LogP contribution in [-0.4, -0.2) is 14.0 Å². The second-order valence-corrected chi connectivity index (χ2v) is 14.1. The maximum Gasteiger partial charge on any atom is 0.182 e. The number of fused-ring (bicyclic) bond motifs is 1. The molecule has 0 saturated carbocycles. The van der Waals surface area contributed by atoms with Gasteiger partial charge in [0.15, 0.2) is 9.84 Å². The Balaban J connectivity index is 1.13. The molecule has 0 radical (unpaired) electrons. The lowest BCUT2D eigenvalue weighted by Gasteiger charge is -2.41. The van der Waals surface area contributed by atoms with Crippen LogP contribution in [0.3, 0.4) is 0 Å². The van der Waals surface area contributed by atoms with Gasteiger partial charge in [-0.05, 0) is 121 Å². The van der Waals surface area contributed by atoms with Crippen LogP contribution in [0.25, 0.3) is 0 Å². The third-order valence-corrected chi connectivity index (χ3v) is 10.7. The lowest BCUT2D eigenvalue weighted by molar-refractivity contribution is 0.0802. The first-order valence-corrected chi connectivity index (χ1v) is 16.8. The molecule has 43 heavy (non-hydrogen) atoms. The van der Waals surface area contributed by atoms with E-state index < -0.39 is 9.84 Å². The average Bonchev–Trinajstić information content (AvgIpc) is 3.01. The molecule has 0 fully saturated rings. The molecule has 4 aromatic carbocycles. The fourth-order valence-electron chi connectivity index (χ4n) is 5.45. The zero-order valence-corrected chi connectivity index (χ0v) is 26.7. The quantitative estimate of drug-likeness (QED) is 0.154. The molecular formula is C37H42O5S. The minimum atomic E-state index is -3.47. The van der Waals surface area contributed by atoms with Crippen LogP contribution in [0.1, 0.15) is 76.1 Å². The summed E-state index contributed by atoms with van der Waals surface area (Å²) in [5, 5.41) is 0. The maximum atomic E-state index is 13.1. The highest BCUT2D eigenvalue weighted by Crippen LogP contribution is 2.43. The third kappa shape index (κ3) is 7.07. The fraction of sp³-hybridized carbons (Fsp3) is 0.351. The highest BCUT2D eigenvalue weighted by Gasteiger charge is 2.36. The second-order valence-electron chi connectivity index (χ2n) is 12.1. The van der Waals surface area contributed by atoms with Crippen molar-refractivity contribution < 1.29 is 22.6 Å². The number of ether oxygens (including phenoxy) is 3. The Morgan fingerprint density at radius 2 is 1.30 bits per heavy atom. The third-order valence-electron chi connectivity index (χ3n) is 8.97. The topological polar surface area (TPSA) is 61.8 Å². The largest absolute Gasteiger partial charge is 0.489 e. The van der Waals surface area contributed by atoms with Gasteiger partial charge in [0.05, 0.1) is 10.6 Å². The van der Waals surface area contributed by atoms with Gasteiger partial charge in [0.25, 0.3) is 0 Å². The number of rotatable bonds is 13. The smallest absolute Gasteiger partial charge is 0.182 e. The summed E-state index contributed by atoms with van der Waals surface area (Å²) in [5.41, 5.74) is 4.52. The maximum absolute atomic E-state index is 13.1. The number of sulfone groups is 1. The highest BCUT2D eigenvalue weighted by molar-refractivity contribution is 7.90. The van der Waals surface area contributed by atoms with Gasteiger partial charge in [-0.25, -0.2) is 8.42 Å². The van der Waals surface area contributed by atoms with Crippen molar-refractivity contribution in [3.63, 3.8) is 0 Å². The summed E-state index contributed by atoms with van der Waals surface area (Å²) in [4.78, 5) is 0.290. The molecule has 0 heterocycles. The summed E-state index contributed by atoms with van der Waals surface area (Å²) in [7, 11) is -3.47. The van der Waals surface area contributed by atoms with Crippen molar-refractivity contribution in [1.82, 2.24) is 0 Å². The summed E-state index contributed by atoms with van der Waals surface area (Å²) in [5.74, 6) is 2.85. The molecule has 0 amide bonds. The minimum absolute atomic E-state index is 0.0120. The monoisotopic (exact) mass is 598 g/mol. The first kappa shape index (κ1) is 30.7. The van der Waals surface area contributed by atoms with Gasteiger partial charge in [-0.3, -0.25) is 0 Å². The van der Waals surface area contributed by atoms with Gasteiger partial charge in [-0.15, -0.1) is 0 Å². The van der Waals surface area contributed by atoms with Gasteiger partial charge in [-0.1, -0.05) is 58.0 Å². The van der Waals surface area contributed by atoms with Crippen molar-refractivity contribution >= 4 is 9.84 Å². The predicted molar refractivity (Wildman–Crippen MR) is 172 cm³/mol. The summed E-state index contributed by atoms with van der Waals surface area (Å²) in [6.07, 6.45) is 4.00. The molecule has 0 saturated heterocycles. The summed E-state index contributed by atoms with van der Waals surface area (Å²) in [6.45, 7) is 11.3. The number of hydrogen-bond donors (Lipinski definition) is 0. The van der Waals surface area contributed by atoms with Crippen LogP contribution < -0.4 is 14.2 Å². The van der Waals surface area contributed by atoms with E-state index in [-0.39, 0.29) is 21.7 Å². The summed E-state index contributed by atoms with van der Waals surface area (Å²) in [6, 6.07) is 28.1. The Morgan fingerprint density at radius 1 is 0.744 bits per heavy atom. The van der Waals surface area contributed by atoms with Crippen LogP contribution in [0, 0.1) is 0 Å². The van der Waals surface area contributed by atoms with Crippen LogP contribution >= 0.6 is 0 Å². The predicted octanol–water partition coefficient (Wildman–Crippen LogP) is 9.21. The van der Waals surface area contributed by atoms with E-state index in [9.17, 15) is 8.42 Å². The lowest BCUT2D eigenvalue weighted by Crippen LogP contribution is -2.35. The van der Waals surface area contributed by atoms with E-state index in [4.69, 9.17) is 14.2 Å². The Kier molecular flexibility index (Phi) is 8.89. The standard InChI is InChI=1S/C37H42O5S/c1-6-36(4)24-29-23-28(11-22-35(29)36)26-43(38,39)34-20-18-32(19-21-34)41-31-12-9-27(10-13-31)25-40-30-14-16-33(17-15-30)42-37(5,7-2)8-3/h9-23H,6-8,24-26H2,1-5H3. The van der Waals surface area contributed by atoms with Crippen molar-refractivity contribution in [3.05, 3.63) is 113 Å². The molecule has 0 bridgehead atoms. The van der Waals surface area contributed by atoms with Crippen molar-refractivity contribution in [2.24, 2.45) is 0 Å². The molecule has 1 aliphatic rings. The van der Waals surface area contributed by atoms with Gasteiger partial charge >= 0.3 is 0 Å². The van der Waals surface area contributed by atoms with Crippen molar-refractivity contribution in [3.8, 4) is 23.0 Å². The van der Waals surface area contributed by atoms with E-state index in [0.29, 0.717) is 18.1 Å². The molecule has 0 aliphatic heterocycles. The van der Waals surface area contributed by atoms with Crippen LogP contribution in [-0.2, 0) is 34.0 Å². The minimum Gasteiger partial charge on any atom is -0.489 e. The number of hydrogen-bond acceptors (Lipinski definition) is 5. The van der Waals surface area contributed by atoms with E-state index in [1.807, 2.05) is 54.6 Å². The highest BCUT2D eigenvalue weighted by atomic mass is 32.2. The first-order chi connectivity index (χ1) is 20.5. The molecule has 4 aromatic rings. The van der Waals surface area contributed by atoms with Gasteiger partial charge in [-0.2, -0.15) is 0 Å². The van der Waals surface area contributed by atoms with Gasteiger partial charge in [0.2, 0.25) is 0 Å². The van der Waals surface area contributed by atoms with E-state index in [1.165, 1.54) is 11.1 Å². The average molecular weight is 599 g/mol. The van der Waals surface area contributed by atoms with Crippen molar-refractivity contribution in [2.75, 3.05) is 0 Å². The van der Waals surface area contributed by atoms with Gasteiger partial charge < -0.3 is 14.2 Å².